The van der Waals surface area contributed by atoms with Crippen molar-refractivity contribution in [3.63, 3.8) is 0 Å². The van der Waals surface area contributed by atoms with E-state index in [0.717, 1.165) is 69.6 Å². The summed E-state index contributed by atoms with van der Waals surface area (Å²) in [5, 5.41) is 12.2. The van der Waals surface area contributed by atoms with E-state index in [1.54, 1.807) is 0 Å². The lowest BCUT2D eigenvalue weighted by atomic mass is 9.91. The molecule has 0 radical (unpaired) electrons. The highest BCUT2D eigenvalue weighted by atomic mass is 35.5. The summed E-state index contributed by atoms with van der Waals surface area (Å²) in [7, 11) is 0. The third-order valence-corrected chi connectivity index (χ3v) is 6.41. The van der Waals surface area contributed by atoms with Crippen molar-refractivity contribution in [1.29, 1.82) is 0 Å². The molecular formula is C19H32ClN5O. The first-order valence-corrected chi connectivity index (χ1v) is 10.1. The number of likely N-dealkylation sites (tertiary alicyclic amines) is 1. The summed E-state index contributed by atoms with van der Waals surface area (Å²) in [5.74, 6) is 4.00. The Morgan fingerprint density at radius 2 is 1.88 bits per heavy atom. The number of carbonyl (C=O) groups excluding carboxylic acids is 1. The molecule has 4 rings (SSSR count). The van der Waals surface area contributed by atoms with Gasteiger partial charge in [0, 0.05) is 38.0 Å². The number of hydrogen-bond donors (Lipinski definition) is 1. The molecule has 1 saturated carbocycles. The van der Waals surface area contributed by atoms with Crippen molar-refractivity contribution in [2.75, 3.05) is 19.6 Å². The topological polar surface area (TPSA) is 63.1 Å². The number of fused-ring (bicyclic) bond motifs is 1. The van der Waals surface area contributed by atoms with Crippen LogP contribution in [0.3, 0.4) is 0 Å². The maximum absolute atomic E-state index is 12.8. The Labute approximate surface area is 162 Å². The zero-order chi connectivity index (χ0) is 17.2. The van der Waals surface area contributed by atoms with E-state index in [9.17, 15) is 4.79 Å². The lowest BCUT2D eigenvalue weighted by molar-refractivity contribution is -0.136. The Balaban J connectivity index is 0.00000196. The van der Waals surface area contributed by atoms with Gasteiger partial charge in [0.1, 0.15) is 11.6 Å². The van der Waals surface area contributed by atoms with Gasteiger partial charge in [0.2, 0.25) is 5.91 Å². The fourth-order valence-corrected chi connectivity index (χ4v) is 4.93. The zero-order valence-corrected chi connectivity index (χ0v) is 16.6. The van der Waals surface area contributed by atoms with Crippen molar-refractivity contribution in [3.05, 3.63) is 11.6 Å². The molecule has 3 aliphatic rings. The third kappa shape index (κ3) is 4.06. The molecule has 1 atom stereocenters. The Hall–Kier alpha value is -1.14. The van der Waals surface area contributed by atoms with Gasteiger partial charge in [-0.05, 0) is 25.2 Å². The SMILES string of the molecule is CC(CC1CCCC1)C(=O)N1CCC(c2nnc3n2CCNC3)CC1.Cl. The average molecular weight is 382 g/mol. The van der Waals surface area contributed by atoms with Gasteiger partial charge in [-0.1, -0.05) is 32.6 Å². The number of nitrogens with zero attached hydrogens (tertiary/aromatic N) is 4. The molecule has 26 heavy (non-hydrogen) atoms. The van der Waals surface area contributed by atoms with Crippen molar-refractivity contribution in [3.8, 4) is 0 Å². The van der Waals surface area contributed by atoms with Gasteiger partial charge < -0.3 is 14.8 Å². The predicted molar refractivity (Wildman–Crippen MR) is 103 cm³/mol. The average Bonchev–Trinajstić information content (AvgIpc) is 3.31. The van der Waals surface area contributed by atoms with Gasteiger partial charge in [-0.3, -0.25) is 4.79 Å². The van der Waals surface area contributed by atoms with E-state index in [2.05, 4.69) is 31.9 Å². The highest BCUT2D eigenvalue weighted by Gasteiger charge is 2.31. The van der Waals surface area contributed by atoms with Gasteiger partial charge in [0.25, 0.3) is 0 Å². The molecule has 1 saturated heterocycles. The number of hydrogen-bond acceptors (Lipinski definition) is 4. The molecule has 1 aromatic heterocycles. The predicted octanol–water partition coefficient (Wildman–Crippen LogP) is 2.73. The minimum absolute atomic E-state index is 0. The monoisotopic (exact) mass is 381 g/mol. The molecule has 6 nitrogen and oxygen atoms in total. The summed E-state index contributed by atoms with van der Waals surface area (Å²) in [6.45, 7) is 6.67. The summed E-state index contributed by atoms with van der Waals surface area (Å²) >= 11 is 0. The van der Waals surface area contributed by atoms with Crippen LogP contribution in [0.25, 0.3) is 0 Å². The maximum Gasteiger partial charge on any atom is 0.225 e. The van der Waals surface area contributed by atoms with E-state index in [1.807, 2.05) is 0 Å². The van der Waals surface area contributed by atoms with E-state index in [0.29, 0.717) is 11.8 Å². The van der Waals surface area contributed by atoms with Crippen LogP contribution < -0.4 is 5.32 Å². The second-order valence-corrected chi connectivity index (χ2v) is 8.19. The fourth-order valence-electron chi connectivity index (χ4n) is 4.93. The first-order valence-electron chi connectivity index (χ1n) is 10.1. The van der Waals surface area contributed by atoms with E-state index in [1.165, 1.54) is 25.7 Å². The molecule has 2 aliphatic heterocycles. The first kappa shape index (κ1) is 19.6. The number of piperidine rings is 1. The molecule has 2 fully saturated rings. The molecule has 1 unspecified atom stereocenters. The maximum atomic E-state index is 12.8. The molecule has 0 aromatic carbocycles. The number of nitrogens with one attached hydrogen (secondary N) is 1. The summed E-state index contributed by atoms with van der Waals surface area (Å²) in [5.41, 5.74) is 0. The molecular weight excluding hydrogens is 350 g/mol. The van der Waals surface area contributed by atoms with E-state index >= 15 is 0 Å². The molecule has 1 amide bonds. The highest BCUT2D eigenvalue weighted by molar-refractivity contribution is 5.85. The van der Waals surface area contributed by atoms with Gasteiger partial charge in [-0.15, -0.1) is 22.6 Å². The minimum atomic E-state index is 0. The lowest BCUT2D eigenvalue weighted by Crippen LogP contribution is -2.41. The molecule has 1 aliphatic carbocycles. The van der Waals surface area contributed by atoms with E-state index < -0.39 is 0 Å². The van der Waals surface area contributed by atoms with Gasteiger partial charge in [-0.25, -0.2) is 0 Å². The third-order valence-electron chi connectivity index (χ3n) is 6.41. The number of halogens is 1. The molecule has 7 heteroatoms. The Kier molecular flexibility index (Phi) is 6.56. The molecule has 0 bridgehead atoms. The number of rotatable bonds is 4. The number of carbonyl (C=O) groups is 1. The number of amides is 1. The van der Waals surface area contributed by atoms with Gasteiger partial charge in [0.05, 0.1) is 6.54 Å². The van der Waals surface area contributed by atoms with Crippen LogP contribution >= 0.6 is 12.4 Å². The van der Waals surface area contributed by atoms with Crippen molar-refractivity contribution >= 4 is 18.3 Å². The molecule has 0 spiro atoms. The van der Waals surface area contributed by atoms with Crippen LogP contribution in [-0.2, 0) is 17.9 Å². The van der Waals surface area contributed by atoms with Gasteiger partial charge in [-0.2, -0.15) is 0 Å². The van der Waals surface area contributed by atoms with Crippen LogP contribution in [0.1, 0.15) is 69.4 Å². The smallest absolute Gasteiger partial charge is 0.225 e. The minimum Gasteiger partial charge on any atom is -0.342 e. The molecule has 146 valence electrons. The second-order valence-electron chi connectivity index (χ2n) is 8.19. The van der Waals surface area contributed by atoms with Crippen molar-refractivity contribution < 1.29 is 4.79 Å². The summed E-state index contributed by atoms with van der Waals surface area (Å²) < 4.78 is 2.29. The quantitative estimate of drug-likeness (QED) is 0.870. The Morgan fingerprint density at radius 1 is 1.15 bits per heavy atom. The number of aromatic nitrogens is 3. The van der Waals surface area contributed by atoms with Crippen LogP contribution in [0, 0.1) is 11.8 Å². The van der Waals surface area contributed by atoms with Crippen molar-refractivity contribution in [2.45, 2.75) is 70.9 Å². The van der Waals surface area contributed by atoms with Gasteiger partial charge in [0.15, 0.2) is 0 Å². The Bertz CT molecular complexity index is 605. The lowest BCUT2D eigenvalue weighted by Gasteiger charge is -2.34. The zero-order valence-electron chi connectivity index (χ0n) is 15.8. The molecule has 1 N–H and O–H groups in total. The fraction of sp³-hybridized carbons (Fsp3) is 0.842. The van der Waals surface area contributed by atoms with E-state index in [4.69, 9.17) is 0 Å². The first-order chi connectivity index (χ1) is 12.2. The normalized spacial score (nSPS) is 22.7. The standard InChI is InChI=1S/C19H31N5O.ClH/c1-14(12-15-4-2-3-5-15)19(25)23-9-6-16(7-10-23)18-22-21-17-13-20-8-11-24(17)18;/h14-16,20H,2-13H2,1H3;1H. The largest absolute Gasteiger partial charge is 0.342 e. The van der Waals surface area contributed by atoms with Crippen LogP contribution in [0.5, 0.6) is 0 Å². The van der Waals surface area contributed by atoms with Crippen molar-refractivity contribution in [1.82, 2.24) is 25.0 Å². The summed E-state index contributed by atoms with van der Waals surface area (Å²) in [4.78, 5) is 14.9. The van der Waals surface area contributed by atoms with Crippen molar-refractivity contribution in [2.24, 2.45) is 11.8 Å². The Morgan fingerprint density at radius 3 is 2.62 bits per heavy atom. The van der Waals surface area contributed by atoms with E-state index in [-0.39, 0.29) is 18.3 Å². The van der Waals surface area contributed by atoms with Crippen LogP contribution in [0.2, 0.25) is 0 Å². The summed E-state index contributed by atoms with van der Waals surface area (Å²) in [6, 6.07) is 0. The molecule has 3 heterocycles. The van der Waals surface area contributed by atoms with Crippen LogP contribution in [0.4, 0.5) is 0 Å². The van der Waals surface area contributed by atoms with Gasteiger partial charge >= 0.3 is 0 Å². The highest BCUT2D eigenvalue weighted by Crippen LogP contribution is 2.32. The van der Waals surface area contributed by atoms with Crippen LogP contribution in [0.15, 0.2) is 0 Å². The molecule has 1 aromatic rings. The van der Waals surface area contributed by atoms with Crippen LogP contribution in [-0.4, -0.2) is 45.2 Å². The second kappa shape index (κ2) is 8.70. The summed E-state index contributed by atoms with van der Waals surface area (Å²) in [6.07, 6.45) is 8.49.